The van der Waals surface area contributed by atoms with E-state index in [2.05, 4.69) is 10.3 Å². The number of rotatable bonds is 3. The molecule has 6 heteroatoms. The molecule has 2 amide bonds. The zero-order valence-electron chi connectivity index (χ0n) is 12.7. The first kappa shape index (κ1) is 15.6. The first-order valence-corrected chi connectivity index (χ1v) is 8.48. The van der Waals surface area contributed by atoms with Crippen molar-refractivity contribution in [1.82, 2.24) is 9.88 Å². The minimum absolute atomic E-state index is 0.118. The number of anilines is 1. The minimum atomic E-state index is -0.476. The summed E-state index contributed by atoms with van der Waals surface area (Å²) in [5.41, 5.74) is 1.63. The van der Waals surface area contributed by atoms with Crippen molar-refractivity contribution in [2.75, 3.05) is 16.9 Å². The van der Waals surface area contributed by atoms with E-state index in [1.165, 1.54) is 0 Å². The van der Waals surface area contributed by atoms with Crippen LogP contribution in [0.5, 0.6) is 0 Å². The maximum atomic E-state index is 12.6. The zero-order chi connectivity index (χ0) is 16.2. The molecule has 1 aliphatic heterocycles. The average molecular weight is 327 g/mol. The molecule has 3 rings (SSSR count). The van der Waals surface area contributed by atoms with Gasteiger partial charge in [0.25, 0.3) is 5.91 Å². The summed E-state index contributed by atoms with van der Waals surface area (Å²) >= 11 is 1.58. The zero-order valence-corrected chi connectivity index (χ0v) is 13.5. The molecule has 1 aliphatic rings. The van der Waals surface area contributed by atoms with Crippen molar-refractivity contribution in [3.05, 3.63) is 59.8 Å². The fraction of sp³-hybridized carbons (Fsp3) is 0.235. The fourth-order valence-corrected chi connectivity index (χ4v) is 3.51. The summed E-state index contributed by atoms with van der Waals surface area (Å²) in [4.78, 5) is 30.9. The van der Waals surface area contributed by atoms with Crippen molar-refractivity contribution in [2.24, 2.45) is 0 Å². The maximum Gasteiger partial charge on any atom is 0.255 e. The molecule has 0 radical (unpaired) electrons. The molecule has 1 atom stereocenters. The third kappa shape index (κ3) is 3.53. The normalized spacial score (nSPS) is 17.1. The van der Waals surface area contributed by atoms with Crippen LogP contribution >= 0.6 is 11.8 Å². The topological polar surface area (TPSA) is 62.3 Å². The number of carbonyl (C=O) groups excluding carboxylic acids is 2. The van der Waals surface area contributed by atoms with Gasteiger partial charge in [0.05, 0.1) is 5.88 Å². The lowest BCUT2D eigenvalue weighted by atomic mass is 10.1. The standard InChI is InChI=1S/C17H17N3O2S/c1-12-7-8-15(18-9-12)19-16(21)14-10-23-11-20(14)17(22)13-5-3-2-4-6-13/h2-9,14H,10-11H2,1H3,(H,18,19,21). The van der Waals surface area contributed by atoms with Crippen LogP contribution in [0.4, 0.5) is 5.82 Å². The quantitative estimate of drug-likeness (QED) is 0.941. The summed E-state index contributed by atoms with van der Waals surface area (Å²) in [6, 6.07) is 12.2. The Kier molecular flexibility index (Phi) is 4.62. The Balaban J connectivity index is 1.72. The van der Waals surface area contributed by atoms with Crippen molar-refractivity contribution in [2.45, 2.75) is 13.0 Å². The van der Waals surface area contributed by atoms with Gasteiger partial charge in [-0.1, -0.05) is 24.3 Å². The van der Waals surface area contributed by atoms with Crippen LogP contribution in [-0.4, -0.2) is 39.4 Å². The number of aromatic nitrogens is 1. The van der Waals surface area contributed by atoms with Crippen LogP contribution in [0.3, 0.4) is 0 Å². The molecule has 1 aromatic heterocycles. The monoisotopic (exact) mass is 327 g/mol. The predicted octanol–water partition coefficient (Wildman–Crippen LogP) is 2.54. The molecule has 0 aliphatic carbocycles. The van der Waals surface area contributed by atoms with Crippen LogP contribution in [0.1, 0.15) is 15.9 Å². The highest BCUT2D eigenvalue weighted by Gasteiger charge is 2.35. The lowest BCUT2D eigenvalue weighted by Crippen LogP contribution is -2.44. The Morgan fingerprint density at radius 1 is 1.22 bits per heavy atom. The van der Waals surface area contributed by atoms with Gasteiger partial charge in [0.15, 0.2) is 0 Å². The van der Waals surface area contributed by atoms with Gasteiger partial charge in [0.2, 0.25) is 5.91 Å². The van der Waals surface area contributed by atoms with Crippen LogP contribution in [0.15, 0.2) is 48.7 Å². The summed E-state index contributed by atoms with van der Waals surface area (Å²) in [6.45, 7) is 1.94. The summed E-state index contributed by atoms with van der Waals surface area (Å²) in [5, 5.41) is 2.79. The second-order valence-corrected chi connectivity index (χ2v) is 6.37. The molecule has 2 heterocycles. The number of aryl methyl sites for hydroxylation is 1. The van der Waals surface area contributed by atoms with Crippen LogP contribution < -0.4 is 5.32 Å². The Hall–Kier alpha value is -2.34. The van der Waals surface area contributed by atoms with Crippen LogP contribution in [0.2, 0.25) is 0 Å². The van der Waals surface area contributed by atoms with Gasteiger partial charge in [-0.25, -0.2) is 4.98 Å². The molecule has 1 saturated heterocycles. The lowest BCUT2D eigenvalue weighted by Gasteiger charge is -2.23. The largest absolute Gasteiger partial charge is 0.317 e. The molecule has 23 heavy (non-hydrogen) atoms. The molecular formula is C17H17N3O2S. The smallest absolute Gasteiger partial charge is 0.255 e. The number of carbonyl (C=O) groups is 2. The molecule has 0 saturated carbocycles. The van der Waals surface area contributed by atoms with Gasteiger partial charge in [-0.3, -0.25) is 9.59 Å². The molecule has 1 fully saturated rings. The Morgan fingerprint density at radius 3 is 2.70 bits per heavy atom. The number of nitrogens with zero attached hydrogens (tertiary/aromatic N) is 2. The van der Waals surface area contributed by atoms with Gasteiger partial charge < -0.3 is 10.2 Å². The Morgan fingerprint density at radius 2 is 2.00 bits per heavy atom. The number of thioether (sulfide) groups is 1. The highest BCUT2D eigenvalue weighted by atomic mass is 32.2. The van der Waals surface area contributed by atoms with E-state index in [9.17, 15) is 9.59 Å². The Bertz CT molecular complexity index is 704. The molecule has 5 nitrogen and oxygen atoms in total. The first-order chi connectivity index (χ1) is 11.1. The molecule has 0 bridgehead atoms. The SMILES string of the molecule is Cc1ccc(NC(=O)C2CSCN2C(=O)c2ccccc2)nc1. The van der Waals surface area contributed by atoms with Crippen molar-refractivity contribution in [1.29, 1.82) is 0 Å². The van der Waals surface area contributed by atoms with Gasteiger partial charge in [-0.15, -0.1) is 11.8 Å². The number of hydrogen-bond acceptors (Lipinski definition) is 4. The van der Waals surface area contributed by atoms with Gasteiger partial charge >= 0.3 is 0 Å². The number of hydrogen-bond donors (Lipinski definition) is 1. The van der Waals surface area contributed by atoms with Crippen molar-refractivity contribution in [3.63, 3.8) is 0 Å². The molecule has 0 spiro atoms. The molecule has 1 unspecified atom stereocenters. The van der Waals surface area contributed by atoms with E-state index >= 15 is 0 Å². The lowest BCUT2D eigenvalue weighted by molar-refractivity contribution is -0.119. The van der Waals surface area contributed by atoms with Gasteiger partial charge in [0, 0.05) is 17.5 Å². The summed E-state index contributed by atoms with van der Waals surface area (Å²) < 4.78 is 0. The first-order valence-electron chi connectivity index (χ1n) is 7.32. The van der Waals surface area contributed by atoms with Crippen molar-refractivity contribution in [3.8, 4) is 0 Å². The average Bonchev–Trinajstić information content (AvgIpc) is 3.07. The predicted molar refractivity (Wildman–Crippen MR) is 91.3 cm³/mol. The highest BCUT2D eigenvalue weighted by Crippen LogP contribution is 2.24. The van der Waals surface area contributed by atoms with Crippen molar-refractivity contribution < 1.29 is 9.59 Å². The van der Waals surface area contributed by atoms with E-state index in [0.717, 1.165) is 5.56 Å². The molecular weight excluding hydrogens is 310 g/mol. The molecule has 1 N–H and O–H groups in total. The van der Waals surface area contributed by atoms with Gasteiger partial charge in [-0.05, 0) is 30.7 Å². The second-order valence-electron chi connectivity index (χ2n) is 5.37. The van der Waals surface area contributed by atoms with E-state index in [4.69, 9.17) is 0 Å². The van der Waals surface area contributed by atoms with Crippen molar-refractivity contribution >= 4 is 29.4 Å². The molecule has 1 aromatic carbocycles. The number of pyridine rings is 1. The molecule has 118 valence electrons. The second kappa shape index (κ2) is 6.83. The summed E-state index contributed by atoms with van der Waals surface area (Å²) in [7, 11) is 0. The Labute approximate surface area is 139 Å². The van der Waals surface area contributed by atoms with Gasteiger partial charge in [-0.2, -0.15) is 0 Å². The van der Waals surface area contributed by atoms with E-state index in [0.29, 0.717) is 23.0 Å². The third-order valence-corrected chi connectivity index (χ3v) is 4.64. The van der Waals surface area contributed by atoms with E-state index < -0.39 is 6.04 Å². The summed E-state index contributed by atoms with van der Waals surface area (Å²) in [6.07, 6.45) is 1.70. The van der Waals surface area contributed by atoms with E-state index in [-0.39, 0.29) is 11.8 Å². The fourth-order valence-electron chi connectivity index (χ4n) is 2.36. The summed E-state index contributed by atoms with van der Waals surface area (Å²) in [5.74, 6) is 1.30. The molecule has 2 aromatic rings. The van der Waals surface area contributed by atoms with E-state index in [1.807, 2.05) is 31.2 Å². The van der Waals surface area contributed by atoms with Crippen LogP contribution in [-0.2, 0) is 4.79 Å². The maximum absolute atomic E-state index is 12.6. The van der Waals surface area contributed by atoms with Gasteiger partial charge in [0.1, 0.15) is 11.9 Å². The number of nitrogens with one attached hydrogen (secondary N) is 1. The highest BCUT2D eigenvalue weighted by molar-refractivity contribution is 7.99. The number of benzene rings is 1. The minimum Gasteiger partial charge on any atom is -0.317 e. The number of amides is 2. The third-order valence-electron chi connectivity index (χ3n) is 3.63. The van der Waals surface area contributed by atoms with Crippen LogP contribution in [0, 0.1) is 6.92 Å². The van der Waals surface area contributed by atoms with E-state index in [1.54, 1.807) is 41.1 Å². The van der Waals surface area contributed by atoms with Crippen LogP contribution in [0.25, 0.3) is 0 Å².